The van der Waals surface area contributed by atoms with Crippen molar-refractivity contribution >= 4 is 28.4 Å². The van der Waals surface area contributed by atoms with Crippen LogP contribution in [-0.4, -0.2) is 40.2 Å². The molecule has 1 aromatic heterocycles. The van der Waals surface area contributed by atoms with Gasteiger partial charge in [-0.1, -0.05) is 66.2 Å². The molecule has 174 valence electrons. The molecule has 1 N–H and O–H groups in total. The Labute approximate surface area is 205 Å². The molecule has 0 radical (unpaired) electrons. The van der Waals surface area contributed by atoms with Crippen LogP contribution in [0.3, 0.4) is 0 Å². The molecule has 0 spiro atoms. The summed E-state index contributed by atoms with van der Waals surface area (Å²) in [6, 6.07) is 24.0. The van der Waals surface area contributed by atoms with Crippen molar-refractivity contribution in [3.8, 4) is 11.3 Å². The number of hydrogen-bond donors (Lipinski definition) is 1. The van der Waals surface area contributed by atoms with Gasteiger partial charge < -0.3 is 5.32 Å². The van der Waals surface area contributed by atoms with Crippen LogP contribution in [-0.2, 0) is 17.8 Å². The summed E-state index contributed by atoms with van der Waals surface area (Å²) >= 11 is 6.29. The van der Waals surface area contributed by atoms with Gasteiger partial charge in [0.2, 0.25) is 5.91 Å². The molecular formula is C28H29ClN4O. The van der Waals surface area contributed by atoms with Crippen LogP contribution in [0, 0.1) is 0 Å². The van der Waals surface area contributed by atoms with Crippen molar-refractivity contribution in [3.63, 3.8) is 0 Å². The lowest BCUT2D eigenvalue weighted by Crippen LogP contribution is -2.35. The highest BCUT2D eigenvalue weighted by Gasteiger charge is 2.21. The second kappa shape index (κ2) is 10.00. The van der Waals surface area contributed by atoms with Gasteiger partial charge >= 0.3 is 0 Å². The highest BCUT2D eigenvalue weighted by molar-refractivity contribution is 6.31. The van der Waals surface area contributed by atoms with Crippen LogP contribution in [0.25, 0.3) is 22.2 Å². The summed E-state index contributed by atoms with van der Waals surface area (Å²) < 4.78 is 1.81. The van der Waals surface area contributed by atoms with Crippen LogP contribution in [0.1, 0.15) is 30.5 Å². The third kappa shape index (κ3) is 4.72. The maximum atomic E-state index is 13.0. The number of nitrogens with one attached hydrogen (secondary N) is 1. The molecule has 6 heteroatoms. The molecule has 1 amide bonds. The fraction of sp³-hybridized carbons (Fsp3) is 0.286. The molecule has 1 aliphatic rings. The minimum absolute atomic E-state index is 0.0250. The average Bonchev–Trinajstić information content (AvgIpc) is 3.25. The van der Waals surface area contributed by atoms with E-state index in [1.54, 1.807) is 0 Å². The van der Waals surface area contributed by atoms with Gasteiger partial charge in [0.15, 0.2) is 0 Å². The van der Waals surface area contributed by atoms with Crippen molar-refractivity contribution in [2.75, 3.05) is 19.6 Å². The number of rotatable bonds is 7. The van der Waals surface area contributed by atoms with Crippen LogP contribution < -0.4 is 5.32 Å². The summed E-state index contributed by atoms with van der Waals surface area (Å²) in [4.78, 5) is 15.5. The molecule has 5 rings (SSSR count). The molecule has 0 saturated carbocycles. The number of amides is 1. The molecule has 0 bridgehead atoms. The van der Waals surface area contributed by atoms with Crippen molar-refractivity contribution in [2.45, 2.75) is 32.4 Å². The Morgan fingerprint density at radius 3 is 2.65 bits per heavy atom. The lowest BCUT2D eigenvalue weighted by molar-refractivity contribution is -0.124. The van der Waals surface area contributed by atoms with Crippen LogP contribution in [0.5, 0.6) is 0 Å². The van der Waals surface area contributed by atoms with E-state index in [4.69, 9.17) is 16.7 Å². The van der Waals surface area contributed by atoms with Crippen LogP contribution in [0.4, 0.5) is 0 Å². The fourth-order valence-electron chi connectivity index (χ4n) is 4.74. The minimum atomic E-state index is -0.428. The summed E-state index contributed by atoms with van der Waals surface area (Å²) in [5, 5.41) is 9.55. The predicted molar refractivity (Wildman–Crippen MR) is 138 cm³/mol. The van der Waals surface area contributed by atoms with Gasteiger partial charge in [-0.25, -0.2) is 0 Å². The summed E-state index contributed by atoms with van der Waals surface area (Å²) in [7, 11) is 0. The molecule has 0 fully saturated rings. The zero-order valence-electron chi connectivity index (χ0n) is 19.4. The monoisotopic (exact) mass is 472 g/mol. The quantitative estimate of drug-likeness (QED) is 0.362. The Kier molecular flexibility index (Phi) is 6.66. The number of carbonyl (C=O) groups excluding carboxylic acids is 1. The van der Waals surface area contributed by atoms with Crippen molar-refractivity contribution in [1.82, 2.24) is 20.0 Å². The molecule has 34 heavy (non-hydrogen) atoms. The normalized spacial score (nSPS) is 14.6. The van der Waals surface area contributed by atoms with Crippen LogP contribution in [0.15, 0.2) is 72.8 Å². The van der Waals surface area contributed by atoms with Gasteiger partial charge in [-0.15, -0.1) is 0 Å². The Morgan fingerprint density at radius 2 is 1.82 bits per heavy atom. The molecular weight excluding hydrogens is 444 g/mol. The number of benzene rings is 3. The Hall–Kier alpha value is -3.15. The second-order valence-corrected chi connectivity index (χ2v) is 9.37. The summed E-state index contributed by atoms with van der Waals surface area (Å²) in [6.07, 6.45) is 2.02. The molecule has 5 nitrogen and oxygen atoms in total. The van der Waals surface area contributed by atoms with E-state index in [9.17, 15) is 4.79 Å². The minimum Gasteiger partial charge on any atom is -0.354 e. The molecule has 3 aromatic carbocycles. The smallest absolute Gasteiger partial charge is 0.244 e. The van der Waals surface area contributed by atoms with Crippen LogP contribution in [0.2, 0.25) is 5.02 Å². The van der Waals surface area contributed by atoms with Crippen molar-refractivity contribution in [2.24, 2.45) is 0 Å². The van der Waals surface area contributed by atoms with Gasteiger partial charge in [-0.05, 0) is 49.1 Å². The number of aromatic nitrogens is 2. The standard InChI is InChI=1S/C28H29ClN4O/c1-20(28(34)30-15-7-16-32-17-14-21-8-5-6-11-23(21)19-32)33-26-13-12-24(29)18-25(26)27(31-33)22-9-3-2-4-10-22/h2-6,8-13,18,20H,7,14-17,19H2,1H3,(H,30,34)/t20-/m1/s1. The first kappa shape index (κ1) is 22.6. The molecule has 0 unspecified atom stereocenters. The van der Waals surface area contributed by atoms with Gasteiger partial charge in [0.25, 0.3) is 0 Å². The lowest BCUT2D eigenvalue weighted by atomic mass is 10.00. The Balaban J connectivity index is 1.23. The van der Waals surface area contributed by atoms with Gasteiger partial charge in [0.05, 0.1) is 5.52 Å². The summed E-state index contributed by atoms with van der Waals surface area (Å²) in [5.74, 6) is -0.0250. The SMILES string of the molecule is C[C@H](C(=O)NCCCN1CCc2ccccc2C1)n1nc(-c2ccccc2)c2cc(Cl)ccc21. The first-order chi connectivity index (χ1) is 16.6. The third-order valence-corrected chi connectivity index (χ3v) is 6.86. The van der Waals surface area contributed by atoms with E-state index in [2.05, 4.69) is 34.5 Å². The summed E-state index contributed by atoms with van der Waals surface area (Å²) in [6.45, 7) is 5.59. The average molecular weight is 473 g/mol. The van der Waals surface area contributed by atoms with Crippen molar-refractivity contribution in [1.29, 1.82) is 0 Å². The molecule has 4 aromatic rings. The molecule has 0 aliphatic carbocycles. The zero-order valence-corrected chi connectivity index (χ0v) is 20.1. The number of fused-ring (bicyclic) bond motifs is 2. The Morgan fingerprint density at radius 1 is 1.06 bits per heavy atom. The zero-order chi connectivity index (χ0) is 23.5. The van der Waals surface area contributed by atoms with Crippen molar-refractivity contribution in [3.05, 3.63) is 88.9 Å². The molecule has 1 aliphatic heterocycles. The van der Waals surface area contributed by atoms with E-state index in [0.717, 1.165) is 54.6 Å². The highest BCUT2D eigenvalue weighted by Crippen LogP contribution is 2.31. The molecule has 2 heterocycles. The molecule has 1 atom stereocenters. The van der Waals surface area contributed by atoms with E-state index in [-0.39, 0.29) is 5.91 Å². The van der Waals surface area contributed by atoms with E-state index < -0.39 is 6.04 Å². The van der Waals surface area contributed by atoms with Crippen LogP contribution >= 0.6 is 11.6 Å². The lowest BCUT2D eigenvalue weighted by Gasteiger charge is -2.28. The first-order valence-electron chi connectivity index (χ1n) is 11.9. The predicted octanol–water partition coefficient (Wildman–Crippen LogP) is 5.48. The van der Waals surface area contributed by atoms with E-state index >= 15 is 0 Å². The number of carbonyl (C=O) groups is 1. The van der Waals surface area contributed by atoms with E-state index in [1.165, 1.54) is 11.1 Å². The topological polar surface area (TPSA) is 50.2 Å². The van der Waals surface area contributed by atoms with E-state index in [1.807, 2.05) is 60.1 Å². The fourth-order valence-corrected chi connectivity index (χ4v) is 4.91. The second-order valence-electron chi connectivity index (χ2n) is 8.94. The number of hydrogen-bond acceptors (Lipinski definition) is 3. The highest BCUT2D eigenvalue weighted by atomic mass is 35.5. The van der Waals surface area contributed by atoms with Crippen molar-refractivity contribution < 1.29 is 4.79 Å². The largest absolute Gasteiger partial charge is 0.354 e. The van der Waals surface area contributed by atoms with E-state index in [0.29, 0.717) is 11.6 Å². The number of halogens is 1. The summed E-state index contributed by atoms with van der Waals surface area (Å²) in [5.41, 5.74) is 5.63. The maximum absolute atomic E-state index is 13.0. The Bertz CT molecular complexity index is 1300. The van der Waals surface area contributed by atoms with Gasteiger partial charge in [-0.2, -0.15) is 5.10 Å². The third-order valence-electron chi connectivity index (χ3n) is 6.62. The molecule has 0 saturated heterocycles. The maximum Gasteiger partial charge on any atom is 0.244 e. The van der Waals surface area contributed by atoms with Gasteiger partial charge in [0, 0.05) is 42.2 Å². The van der Waals surface area contributed by atoms with Gasteiger partial charge in [-0.3, -0.25) is 14.4 Å². The van der Waals surface area contributed by atoms with Gasteiger partial charge in [0.1, 0.15) is 11.7 Å². The number of nitrogens with zero attached hydrogens (tertiary/aromatic N) is 3. The first-order valence-corrected chi connectivity index (χ1v) is 12.3.